The van der Waals surface area contributed by atoms with Crippen LogP contribution >= 0.6 is 0 Å². The summed E-state index contributed by atoms with van der Waals surface area (Å²) >= 11 is 0. The molecule has 2 atom stereocenters. The first kappa shape index (κ1) is 13.9. The van der Waals surface area contributed by atoms with E-state index in [0.29, 0.717) is 12.0 Å². The van der Waals surface area contributed by atoms with Gasteiger partial charge in [0, 0.05) is 20.1 Å². The highest BCUT2D eigenvalue weighted by molar-refractivity contribution is 4.80. The molecule has 0 aromatic heterocycles. The molecule has 0 aliphatic heterocycles. The predicted octanol–water partition coefficient (Wildman–Crippen LogP) is 3.11. The first-order chi connectivity index (χ1) is 6.47. The second-order valence-electron chi connectivity index (χ2n) is 4.99. The van der Waals surface area contributed by atoms with E-state index >= 15 is 0 Å². The summed E-state index contributed by atoms with van der Waals surface area (Å²) in [5.41, 5.74) is 0.242. The van der Waals surface area contributed by atoms with Crippen molar-refractivity contribution < 1.29 is 9.47 Å². The highest BCUT2D eigenvalue weighted by Crippen LogP contribution is 2.32. The molecule has 0 fully saturated rings. The van der Waals surface area contributed by atoms with Crippen molar-refractivity contribution in [2.45, 2.75) is 46.6 Å². The van der Waals surface area contributed by atoms with Crippen molar-refractivity contribution in [2.24, 2.45) is 11.3 Å². The van der Waals surface area contributed by atoms with Gasteiger partial charge in [0.2, 0.25) is 0 Å². The van der Waals surface area contributed by atoms with Gasteiger partial charge in [-0.1, -0.05) is 34.1 Å². The molecule has 0 radical (unpaired) electrons. The molecule has 0 aliphatic carbocycles. The van der Waals surface area contributed by atoms with Gasteiger partial charge in [0.15, 0.2) is 0 Å². The van der Waals surface area contributed by atoms with Crippen LogP contribution in [-0.4, -0.2) is 26.9 Å². The molecular formula is C12H26O2. The summed E-state index contributed by atoms with van der Waals surface area (Å²) in [5.74, 6) is 0.470. The van der Waals surface area contributed by atoms with Crippen LogP contribution in [0.5, 0.6) is 0 Å². The van der Waals surface area contributed by atoms with E-state index in [1.807, 2.05) is 0 Å². The van der Waals surface area contributed by atoms with E-state index in [1.54, 1.807) is 14.2 Å². The third-order valence-corrected chi connectivity index (χ3v) is 2.78. The van der Waals surface area contributed by atoms with Crippen molar-refractivity contribution >= 4 is 0 Å². The Hall–Kier alpha value is -0.0800. The Morgan fingerprint density at radius 3 is 2.00 bits per heavy atom. The Labute approximate surface area is 89.0 Å². The molecule has 14 heavy (non-hydrogen) atoms. The number of methoxy groups -OCH3 is 2. The van der Waals surface area contributed by atoms with E-state index in [9.17, 15) is 0 Å². The molecule has 2 unspecified atom stereocenters. The second kappa shape index (κ2) is 6.41. The molecule has 0 N–H and O–H groups in total. The van der Waals surface area contributed by atoms with Gasteiger partial charge in [0.25, 0.3) is 0 Å². The zero-order chi connectivity index (χ0) is 11.2. The van der Waals surface area contributed by atoms with E-state index in [1.165, 1.54) is 0 Å². The average molecular weight is 202 g/mol. The summed E-state index contributed by atoms with van der Waals surface area (Å²) in [5, 5.41) is 0. The van der Waals surface area contributed by atoms with Crippen LogP contribution in [0.15, 0.2) is 0 Å². The Bertz CT molecular complexity index is 138. The Kier molecular flexibility index (Phi) is 6.38. The molecule has 0 amide bonds. The minimum absolute atomic E-state index is 0.242. The highest BCUT2D eigenvalue weighted by Gasteiger charge is 2.31. The van der Waals surface area contributed by atoms with Crippen molar-refractivity contribution in [2.75, 3.05) is 20.8 Å². The molecule has 0 heterocycles. The third kappa shape index (κ3) is 4.43. The monoisotopic (exact) mass is 202 g/mol. The molecule has 2 heteroatoms. The van der Waals surface area contributed by atoms with E-state index < -0.39 is 0 Å². The number of hydrogen-bond donors (Lipinski definition) is 0. The van der Waals surface area contributed by atoms with Crippen molar-refractivity contribution in [1.29, 1.82) is 0 Å². The summed E-state index contributed by atoms with van der Waals surface area (Å²) in [6.45, 7) is 9.72. The van der Waals surface area contributed by atoms with Crippen LogP contribution in [0, 0.1) is 11.3 Å². The third-order valence-electron chi connectivity index (χ3n) is 2.78. The maximum Gasteiger partial charge on any atom is 0.0626 e. The Morgan fingerprint density at radius 1 is 1.14 bits per heavy atom. The fourth-order valence-electron chi connectivity index (χ4n) is 1.86. The lowest BCUT2D eigenvalue weighted by molar-refractivity contribution is -0.0366. The van der Waals surface area contributed by atoms with Gasteiger partial charge in [0.1, 0.15) is 0 Å². The van der Waals surface area contributed by atoms with Crippen LogP contribution in [0.4, 0.5) is 0 Å². The molecule has 0 bridgehead atoms. The van der Waals surface area contributed by atoms with Crippen LogP contribution in [0.1, 0.15) is 40.5 Å². The molecule has 86 valence electrons. The zero-order valence-electron chi connectivity index (χ0n) is 10.6. The maximum atomic E-state index is 5.55. The fourth-order valence-corrected chi connectivity index (χ4v) is 1.86. The summed E-state index contributed by atoms with van der Waals surface area (Å²) in [7, 11) is 3.56. The van der Waals surface area contributed by atoms with Gasteiger partial charge in [-0.3, -0.25) is 0 Å². The first-order valence-corrected chi connectivity index (χ1v) is 5.49. The highest BCUT2D eigenvalue weighted by atomic mass is 16.5. The molecule has 0 spiro atoms. The Balaban J connectivity index is 4.43. The fraction of sp³-hybridized carbons (Fsp3) is 1.00. The SMILES string of the molecule is CCCC(OC)C(COC)C(C)(C)C. The van der Waals surface area contributed by atoms with Crippen LogP contribution in [0.25, 0.3) is 0 Å². The average Bonchev–Trinajstić information content (AvgIpc) is 2.09. The molecule has 0 saturated heterocycles. The normalized spacial score (nSPS) is 16.7. The van der Waals surface area contributed by atoms with Crippen molar-refractivity contribution in [3.8, 4) is 0 Å². The van der Waals surface area contributed by atoms with Gasteiger partial charge in [-0.05, 0) is 11.8 Å². The smallest absolute Gasteiger partial charge is 0.0626 e. The van der Waals surface area contributed by atoms with Crippen molar-refractivity contribution in [3.63, 3.8) is 0 Å². The molecule has 0 aromatic rings. The van der Waals surface area contributed by atoms with Gasteiger partial charge >= 0.3 is 0 Å². The van der Waals surface area contributed by atoms with Gasteiger partial charge in [-0.2, -0.15) is 0 Å². The molecule has 0 rings (SSSR count). The number of ether oxygens (including phenoxy) is 2. The quantitative estimate of drug-likeness (QED) is 0.659. The van der Waals surface area contributed by atoms with E-state index in [0.717, 1.165) is 19.4 Å². The Morgan fingerprint density at radius 2 is 1.71 bits per heavy atom. The number of hydrogen-bond acceptors (Lipinski definition) is 2. The maximum absolute atomic E-state index is 5.55. The number of rotatable bonds is 6. The van der Waals surface area contributed by atoms with E-state index in [4.69, 9.17) is 9.47 Å². The lowest BCUT2D eigenvalue weighted by Gasteiger charge is -2.35. The largest absolute Gasteiger partial charge is 0.384 e. The summed E-state index contributed by atoms with van der Waals surface area (Å²) in [4.78, 5) is 0. The lowest BCUT2D eigenvalue weighted by atomic mass is 9.76. The van der Waals surface area contributed by atoms with E-state index in [2.05, 4.69) is 27.7 Å². The summed E-state index contributed by atoms with van der Waals surface area (Å²) in [6, 6.07) is 0. The zero-order valence-corrected chi connectivity index (χ0v) is 10.6. The standard InChI is InChI=1S/C12H26O2/c1-7-8-11(14-6)10(9-13-5)12(2,3)4/h10-11H,7-9H2,1-6H3. The minimum atomic E-state index is 0.242. The molecule has 2 nitrogen and oxygen atoms in total. The van der Waals surface area contributed by atoms with Crippen LogP contribution < -0.4 is 0 Å². The first-order valence-electron chi connectivity index (χ1n) is 5.49. The van der Waals surface area contributed by atoms with Crippen molar-refractivity contribution in [1.82, 2.24) is 0 Å². The van der Waals surface area contributed by atoms with Gasteiger partial charge in [-0.25, -0.2) is 0 Å². The van der Waals surface area contributed by atoms with E-state index in [-0.39, 0.29) is 5.41 Å². The predicted molar refractivity (Wildman–Crippen MR) is 60.5 cm³/mol. The molecule has 0 aliphatic rings. The van der Waals surface area contributed by atoms with Crippen LogP contribution in [0.3, 0.4) is 0 Å². The lowest BCUT2D eigenvalue weighted by Crippen LogP contribution is -2.36. The van der Waals surface area contributed by atoms with Crippen LogP contribution in [0.2, 0.25) is 0 Å². The minimum Gasteiger partial charge on any atom is -0.384 e. The van der Waals surface area contributed by atoms with Gasteiger partial charge in [-0.15, -0.1) is 0 Å². The van der Waals surface area contributed by atoms with Gasteiger partial charge < -0.3 is 9.47 Å². The second-order valence-corrected chi connectivity index (χ2v) is 4.99. The topological polar surface area (TPSA) is 18.5 Å². The summed E-state index contributed by atoms with van der Waals surface area (Å²) in [6.07, 6.45) is 2.59. The van der Waals surface area contributed by atoms with Crippen LogP contribution in [-0.2, 0) is 9.47 Å². The van der Waals surface area contributed by atoms with Crippen molar-refractivity contribution in [3.05, 3.63) is 0 Å². The summed E-state index contributed by atoms with van der Waals surface area (Å²) < 4.78 is 10.8. The molecule has 0 saturated carbocycles. The molecular weight excluding hydrogens is 176 g/mol. The van der Waals surface area contributed by atoms with Gasteiger partial charge in [0.05, 0.1) is 12.7 Å². The molecule has 0 aromatic carbocycles.